The van der Waals surface area contributed by atoms with Gasteiger partial charge in [0.25, 0.3) is 11.8 Å². The van der Waals surface area contributed by atoms with Gasteiger partial charge in [0.05, 0.1) is 0 Å². The van der Waals surface area contributed by atoms with Gasteiger partial charge in [-0.2, -0.15) is 0 Å². The van der Waals surface area contributed by atoms with Gasteiger partial charge >= 0.3 is 0 Å². The molecule has 5 heteroatoms. The number of hydrogen-bond acceptors (Lipinski definition) is 3. The zero-order valence-electron chi connectivity index (χ0n) is 17.5. The molecule has 1 aliphatic heterocycles. The van der Waals surface area contributed by atoms with E-state index in [1.807, 2.05) is 60.4 Å². The smallest absolute Gasteiger partial charge is 0.260 e. The van der Waals surface area contributed by atoms with Gasteiger partial charge in [0.15, 0.2) is 6.61 Å². The molecule has 1 N–H and O–H groups in total. The van der Waals surface area contributed by atoms with Gasteiger partial charge in [-0.3, -0.25) is 9.59 Å². The van der Waals surface area contributed by atoms with E-state index in [4.69, 9.17) is 4.74 Å². The monoisotopic (exact) mass is 394 g/mol. The minimum absolute atomic E-state index is 0.0142. The highest BCUT2D eigenvalue weighted by Gasteiger charge is 2.24. The topological polar surface area (TPSA) is 58.6 Å². The molecule has 3 rings (SSSR count). The van der Waals surface area contributed by atoms with Crippen LogP contribution in [-0.4, -0.2) is 42.5 Å². The number of carbonyl (C=O) groups excluding carboxylic acids is 2. The average Bonchev–Trinajstić information content (AvgIpc) is 2.73. The number of ether oxygens (including phenoxy) is 1. The van der Waals surface area contributed by atoms with E-state index in [2.05, 4.69) is 19.2 Å². The Balaban J connectivity index is 1.43. The quantitative estimate of drug-likeness (QED) is 0.808. The molecule has 5 nitrogen and oxygen atoms in total. The van der Waals surface area contributed by atoms with Crippen molar-refractivity contribution < 1.29 is 14.3 Å². The molecule has 0 atom stereocenters. The van der Waals surface area contributed by atoms with Gasteiger partial charge in [-0.05, 0) is 55.5 Å². The molecule has 0 unspecified atom stereocenters. The van der Waals surface area contributed by atoms with Crippen molar-refractivity contribution in [2.75, 3.05) is 19.7 Å². The Morgan fingerprint density at radius 1 is 1.03 bits per heavy atom. The maximum Gasteiger partial charge on any atom is 0.260 e. The minimum atomic E-state index is -0.0483. The third-order valence-electron chi connectivity index (χ3n) is 5.41. The maximum absolute atomic E-state index is 12.5. The van der Waals surface area contributed by atoms with Crippen LogP contribution in [0.25, 0.3) is 0 Å². The third kappa shape index (κ3) is 5.83. The number of likely N-dealkylation sites (tertiary alicyclic amines) is 1. The number of aryl methyl sites for hydroxylation is 1. The van der Waals surface area contributed by atoms with Crippen molar-refractivity contribution in [3.05, 3.63) is 65.2 Å². The fraction of sp³-hybridized carbons (Fsp3) is 0.417. The second-order valence-corrected chi connectivity index (χ2v) is 8.01. The van der Waals surface area contributed by atoms with E-state index >= 15 is 0 Å². The van der Waals surface area contributed by atoms with Gasteiger partial charge in [-0.15, -0.1) is 0 Å². The number of piperidine rings is 1. The van der Waals surface area contributed by atoms with E-state index in [1.54, 1.807) is 0 Å². The molecule has 29 heavy (non-hydrogen) atoms. The molecule has 1 heterocycles. The first kappa shape index (κ1) is 20.9. The molecule has 0 bridgehead atoms. The zero-order chi connectivity index (χ0) is 20.8. The van der Waals surface area contributed by atoms with Crippen molar-refractivity contribution in [3.63, 3.8) is 0 Å². The largest absolute Gasteiger partial charge is 0.484 e. The number of nitrogens with one attached hydrogen (secondary N) is 1. The van der Waals surface area contributed by atoms with E-state index < -0.39 is 0 Å². The molecule has 2 amide bonds. The van der Waals surface area contributed by atoms with Crippen LogP contribution >= 0.6 is 0 Å². The normalized spacial score (nSPS) is 14.7. The summed E-state index contributed by atoms with van der Waals surface area (Å²) in [5.74, 6) is 1.09. The molecule has 0 saturated carbocycles. The van der Waals surface area contributed by atoms with Crippen LogP contribution in [-0.2, 0) is 4.79 Å². The standard InChI is InChI=1S/C24H30N2O3/c1-17(2)19-6-8-20(9-7-19)24(28)25-21-12-14-26(15-13-21)23(27)16-29-22-10-4-18(3)5-11-22/h4-11,17,21H,12-16H2,1-3H3,(H,25,28). The summed E-state index contributed by atoms with van der Waals surface area (Å²) >= 11 is 0. The summed E-state index contributed by atoms with van der Waals surface area (Å²) in [6.07, 6.45) is 1.51. The Labute approximate surface area is 173 Å². The number of hydrogen-bond donors (Lipinski definition) is 1. The zero-order valence-corrected chi connectivity index (χ0v) is 17.5. The van der Waals surface area contributed by atoms with Gasteiger partial charge in [-0.1, -0.05) is 43.7 Å². The van der Waals surface area contributed by atoms with Crippen LogP contribution < -0.4 is 10.1 Å². The van der Waals surface area contributed by atoms with Crippen LogP contribution in [0.4, 0.5) is 0 Å². The van der Waals surface area contributed by atoms with Crippen molar-refractivity contribution in [3.8, 4) is 5.75 Å². The first-order chi connectivity index (χ1) is 13.9. The van der Waals surface area contributed by atoms with Gasteiger partial charge in [0.1, 0.15) is 5.75 Å². The predicted octanol–water partition coefficient (Wildman–Crippen LogP) is 3.92. The van der Waals surface area contributed by atoms with Gasteiger partial charge < -0.3 is 15.0 Å². The number of rotatable bonds is 6. The minimum Gasteiger partial charge on any atom is -0.484 e. The second kappa shape index (κ2) is 9.59. The molecule has 0 radical (unpaired) electrons. The fourth-order valence-corrected chi connectivity index (χ4v) is 3.43. The summed E-state index contributed by atoms with van der Waals surface area (Å²) in [5.41, 5.74) is 3.06. The predicted molar refractivity (Wildman–Crippen MR) is 114 cm³/mol. The van der Waals surface area contributed by atoms with E-state index in [-0.39, 0.29) is 24.5 Å². The Bertz CT molecular complexity index is 820. The van der Waals surface area contributed by atoms with Crippen molar-refractivity contribution in [2.45, 2.75) is 45.6 Å². The Hall–Kier alpha value is -2.82. The molecular formula is C24H30N2O3. The highest BCUT2D eigenvalue weighted by Crippen LogP contribution is 2.16. The molecule has 0 aromatic heterocycles. The summed E-state index contributed by atoms with van der Waals surface area (Å²) in [6, 6.07) is 15.5. The van der Waals surface area contributed by atoms with Gasteiger partial charge in [0, 0.05) is 24.7 Å². The van der Waals surface area contributed by atoms with Crippen molar-refractivity contribution in [2.24, 2.45) is 0 Å². The molecular weight excluding hydrogens is 364 g/mol. The maximum atomic E-state index is 12.5. The van der Waals surface area contributed by atoms with Crippen molar-refractivity contribution >= 4 is 11.8 Å². The first-order valence-electron chi connectivity index (χ1n) is 10.3. The summed E-state index contributed by atoms with van der Waals surface area (Å²) in [5, 5.41) is 3.10. The number of carbonyl (C=O) groups is 2. The van der Waals surface area contributed by atoms with Gasteiger partial charge in [0.2, 0.25) is 0 Å². The summed E-state index contributed by atoms with van der Waals surface area (Å²) in [4.78, 5) is 26.7. The lowest BCUT2D eigenvalue weighted by molar-refractivity contribution is -0.134. The van der Waals surface area contributed by atoms with Crippen LogP contribution in [0.3, 0.4) is 0 Å². The van der Waals surface area contributed by atoms with Gasteiger partial charge in [-0.25, -0.2) is 0 Å². The van der Waals surface area contributed by atoms with Crippen LogP contribution in [0.15, 0.2) is 48.5 Å². The van der Waals surface area contributed by atoms with E-state index in [9.17, 15) is 9.59 Å². The summed E-state index contributed by atoms with van der Waals surface area (Å²) in [6.45, 7) is 7.59. The fourth-order valence-electron chi connectivity index (χ4n) is 3.43. The Morgan fingerprint density at radius 2 is 1.66 bits per heavy atom. The molecule has 154 valence electrons. The van der Waals surface area contributed by atoms with Crippen LogP contribution in [0, 0.1) is 6.92 Å². The van der Waals surface area contributed by atoms with Crippen LogP contribution in [0.1, 0.15) is 54.1 Å². The van der Waals surface area contributed by atoms with E-state index in [0.717, 1.165) is 18.4 Å². The highest BCUT2D eigenvalue weighted by molar-refractivity contribution is 5.94. The lowest BCUT2D eigenvalue weighted by Crippen LogP contribution is -2.47. The molecule has 2 aromatic rings. The van der Waals surface area contributed by atoms with Crippen molar-refractivity contribution in [1.82, 2.24) is 10.2 Å². The Kier molecular flexibility index (Phi) is 6.91. The SMILES string of the molecule is Cc1ccc(OCC(=O)N2CCC(NC(=O)c3ccc(C(C)C)cc3)CC2)cc1. The third-order valence-corrected chi connectivity index (χ3v) is 5.41. The Morgan fingerprint density at radius 3 is 2.24 bits per heavy atom. The lowest BCUT2D eigenvalue weighted by Gasteiger charge is -2.32. The lowest BCUT2D eigenvalue weighted by atomic mass is 10.0. The van der Waals surface area contributed by atoms with Crippen LogP contribution in [0.2, 0.25) is 0 Å². The number of nitrogens with zero attached hydrogens (tertiary/aromatic N) is 1. The molecule has 0 aliphatic carbocycles. The van der Waals surface area contributed by atoms with E-state index in [0.29, 0.717) is 30.3 Å². The molecule has 2 aromatic carbocycles. The summed E-state index contributed by atoms with van der Waals surface area (Å²) < 4.78 is 5.59. The summed E-state index contributed by atoms with van der Waals surface area (Å²) in [7, 11) is 0. The second-order valence-electron chi connectivity index (χ2n) is 8.01. The van der Waals surface area contributed by atoms with Crippen LogP contribution in [0.5, 0.6) is 5.75 Å². The molecule has 1 saturated heterocycles. The highest BCUT2D eigenvalue weighted by atomic mass is 16.5. The average molecular weight is 395 g/mol. The van der Waals surface area contributed by atoms with E-state index in [1.165, 1.54) is 5.56 Å². The number of benzene rings is 2. The number of amides is 2. The first-order valence-corrected chi connectivity index (χ1v) is 10.3. The molecule has 1 aliphatic rings. The molecule has 1 fully saturated rings. The molecule has 0 spiro atoms. The van der Waals surface area contributed by atoms with Crippen molar-refractivity contribution in [1.29, 1.82) is 0 Å².